The summed E-state index contributed by atoms with van der Waals surface area (Å²) in [5, 5.41) is 0. The molecule has 0 aromatic heterocycles. The molecule has 0 aliphatic heterocycles. The SMILES string of the molecule is C.C.CCC[SiH2]OC.COOC.C[Si](C)(O)O[Si](C)(C)O[Si](C)(C)O.NCN.O. The molecule has 0 fully saturated rings. The van der Waals surface area contributed by atoms with Crippen LogP contribution in [0.2, 0.25) is 45.3 Å². The summed E-state index contributed by atoms with van der Waals surface area (Å²) in [7, 11) is -2.81. The second-order valence-electron chi connectivity index (χ2n) is 6.41. The van der Waals surface area contributed by atoms with Crippen LogP contribution < -0.4 is 11.5 Å². The Morgan fingerprint density at radius 1 is 0.793 bits per heavy atom. The van der Waals surface area contributed by atoms with Crippen molar-refractivity contribution in [3.63, 3.8) is 0 Å². The first-order valence-corrected chi connectivity index (χ1v) is 18.6. The van der Waals surface area contributed by atoms with Gasteiger partial charge in [0.15, 0.2) is 9.76 Å². The summed E-state index contributed by atoms with van der Waals surface area (Å²) in [4.78, 5) is 27.2. The van der Waals surface area contributed by atoms with Crippen molar-refractivity contribution in [3.8, 4) is 0 Å². The van der Waals surface area contributed by atoms with Crippen molar-refractivity contribution in [2.45, 2.75) is 73.5 Å². The monoisotopic (exact) mass is 502 g/mol. The molecule has 29 heavy (non-hydrogen) atoms. The van der Waals surface area contributed by atoms with E-state index < -0.39 is 25.7 Å². The molecule has 0 atom stereocenters. The summed E-state index contributed by atoms with van der Waals surface area (Å²) >= 11 is 0. The van der Waals surface area contributed by atoms with Gasteiger partial charge in [0.2, 0.25) is 0 Å². The minimum absolute atomic E-state index is 0. The molecule has 0 unspecified atom stereocenters. The Morgan fingerprint density at radius 3 is 1.17 bits per heavy atom. The summed E-state index contributed by atoms with van der Waals surface area (Å²) in [6.45, 7) is 12.9. The van der Waals surface area contributed by atoms with Crippen LogP contribution >= 0.6 is 0 Å². The van der Waals surface area contributed by atoms with Gasteiger partial charge >= 0.3 is 25.7 Å². The Labute approximate surface area is 186 Å². The van der Waals surface area contributed by atoms with Crippen molar-refractivity contribution < 1.29 is 37.5 Å². The topological polar surface area (TPSA) is 170 Å². The number of hydrogen-bond donors (Lipinski definition) is 4. The molecule has 8 N–H and O–H groups in total. The van der Waals surface area contributed by atoms with Crippen LogP contribution in [0.3, 0.4) is 0 Å². The van der Waals surface area contributed by atoms with Crippen LogP contribution in [0.5, 0.6) is 0 Å². The van der Waals surface area contributed by atoms with Gasteiger partial charge in [0, 0.05) is 13.8 Å². The molecule has 0 amide bonds. The van der Waals surface area contributed by atoms with Crippen LogP contribution in [0.25, 0.3) is 0 Å². The first-order valence-electron chi connectivity index (χ1n) is 8.47. The maximum Gasteiger partial charge on any atom is 0.320 e. The molecular formula is C15H54N2O8Si4. The molecule has 0 aromatic rings. The second kappa shape index (κ2) is 28.5. The molecule has 0 aliphatic carbocycles. The highest BCUT2D eigenvalue weighted by Gasteiger charge is 2.38. The third kappa shape index (κ3) is 73.5. The zero-order chi connectivity index (χ0) is 21.9. The van der Waals surface area contributed by atoms with Gasteiger partial charge in [-0.2, -0.15) is 0 Å². The highest BCUT2D eigenvalue weighted by atomic mass is 28.5. The van der Waals surface area contributed by atoms with Gasteiger partial charge in [-0.15, -0.1) is 0 Å². The predicted octanol–water partition coefficient (Wildman–Crippen LogP) is 1.16. The molecule has 0 heterocycles. The van der Waals surface area contributed by atoms with Crippen LogP contribution in [-0.4, -0.2) is 78.5 Å². The maximum absolute atomic E-state index is 9.56. The lowest BCUT2D eigenvalue weighted by Crippen LogP contribution is -2.52. The van der Waals surface area contributed by atoms with Crippen molar-refractivity contribution >= 4 is 35.4 Å². The molecule has 0 saturated heterocycles. The van der Waals surface area contributed by atoms with E-state index in [2.05, 4.69) is 28.2 Å². The van der Waals surface area contributed by atoms with E-state index in [-0.39, 0.29) is 36.8 Å². The normalized spacial score (nSPS) is 10.6. The quantitative estimate of drug-likeness (QED) is 0.125. The Bertz CT molecular complexity index is 258. The van der Waals surface area contributed by atoms with E-state index in [4.69, 9.17) is 12.7 Å². The molecule has 0 spiro atoms. The average Bonchev–Trinajstić information content (AvgIpc) is 2.41. The van der Waals surface area contributed by atoms with Crippen molar-refractivity contribution in [2.24, 2.45) is 11.5 Å². The van der Waals surface area contributed by atoms with E-state index in [1.165, 1.54) is 26.7 Å². The highest BCUT2D eigenvalue weighted by Crippen LogP contribution is 2.17. The Kier molecular flexibility index (Phi) is 46.4. The number of nitrogens with two attached hydrogens (primary N) is 2. The minimum Gasteiger partial charge on any atom is -0.427 e. The molecule has 0 bridgehead atoms. The standard InChI is InChI=1S/C6H20O4Si3.C4H12OSi.C2H6O2.CH6N2.2CH4.H2O/c1-11(2,7)9-13(5,6)10-12(3,4)8;1-3-4-6-5-2;1-3-4-2;2-1-3;;;/h7-8H,1-6H3;3-4,6H2,1-2H3;1-2H3;1-3H2;2*1H4;1H2. The zero-order valence-corrected chi connectivity index (χ0v) is 23.3. The van der Waals surface area contributed by atoms with E-state index >= 15 is 0 Å². The number of rotatable bonds is 8. The Morgan fingerprint density at radius 2 is 1.07 bits per heavy atom. The zero-order valence-electron chi connectivity index (χ0n) is 18.9. The van der Waals surface area contributed by atoms with E-state index in [1.807, 2.05) is 13.1 Å². The molecule has 14 heteroatoms. The summed E-state index contributed by atoms with van der Waals surface area (Å²) < 4.78 is 15.9. The Balaban J connectivity index is -0.0000000512. The molecule has 10 nitrogen and oxygen atoms in total. The second-order valence-corrected chi connectivity index (χ2v) is 18.3. The molecule has 0 aliphatic rings. The fraction of sp³-hybridized carbons (Fsp3) is 1.00. The van der Waals surface area contributed by atoms with E-state index in [9.17, 15) is 9.59 Å². The molecule has 0 radical (unpaired) electrons. The third-order valence-electron chi connectivity index (χ3n) is 1.86. The van der Waals surface area contributed by atoms with Crippen molar-refractivity contribution in [3.05, 3.63) is 0 Å². The number of hydrogen-bond acceptors (Lipinski definition) is 9. The van der Waals surface area contributed by atoms with E-state index in [0.29, 0.717) is 0 Å². The van der Waals surface area contributed by atoms with Gasteiger partial charge in [0.25, 0.3) is 0 Å². The van der Waals surface area contributed by atoms with Gasteiger partial charge in [0.05, 0.1) is 14.2 Å². The van der Waals surface area contributed by atoms with Gasteiger partial charge < -0.3 is 39.2 Å². The lowest BCUT2D eigenvalue weighted by Gasteiger charge is -2.33. The molecule has 0 aromatic carbocycles. The van der Waals surface area contributed by atoms with Crippen LogP contribution in [0, 0.1) is 0 Å². The lowest BCUT2D eigenvalue weighted by atomic mass is 10.6. The van der Waals surface area contributed by atoms with Gasteiger partial charge in [-0.3, -0.25) is 0 Å². The largest absolute Gasteiger partial charge is 0.427 e. The Hall–Kier alpha value is 0.468. The van der Waals surface area contributed by atoms with E-state index in [1.54, 1.807) is 33.3 Å². The van der Waals surface area contributed by atoms with E-state index in [0.717, 1.165) is 0 Å². The predicted molar refractivity (Wildman–Crippen MR) is 134 cm³/mol. The highest BCUT2D eigenvalue weighted by molar-refractivity contribution is 6.83. The van der Waals surface area contributed by atoms with Crippen LogP contribution in [0.4, 0.5) is 0 Å². The smallest absolute Gasteiger partial charge is 0.320 e. The van der Waals surface area contributed by atoms with Crippen LogP contribution in [-0.2, 0) is 22.4 Å². The molecule has 0 rings (SSSR count). The maximum atomic E-state index is 9.56. The van der Waals surface area contributed by atoms with Crippen molar-refractivity contribution in [2.75, 3.05) is 28.0 Å². The van der Waals surface area contributed by atoms with Crippen molar-refractivity contribution in [1.29, 1.82) is 0 Å². The van der Waals surface area contributed by atoms with Crippen molar-refractivity contribution in [1.82, 2.24) is 0 Å². The summed E-state index contributed by atoms with van der Waals surface area (Å²) in [6.07, 6.45) is 1.29. The fourth-order valence-corrected chi connectivity index (χ4v) is 12.3. The summed E-state index contributed by atoms with van der Waals surface area (Å²) in [6, 6.07) is 1.33. The molecule has 0 saturated carbocycles. The third-order valence-corrected chi connectivity index (χ3v) is 11.2. The van der Waals surface area contributed by atoms with Gasteiger partial charge in [-0.25, -0.2) is 9.78 Å². The minimum atomic E-state index is -2.54. The average molecular weight is 503 g/mol. The van der Waals surface area contributed by atoms with Gasteiger partial charge in [-0.05, 0) is 45.3 Å². The first-order chi connectivity index (χ1) is 11.7. The summed E-state index contributed by atoms with van der Waals surface area (Å²) in [5.74, 6) is 0. The summed E-state index contributed by atoms with van der Waals surface area (Å²) in [5.41, 5.74) is 9.25. The van der Waals surface area contributed by atoms with Gasteiger partial charge in [0.1, 0.15) is 0 Å². The lowest BCUT2D eigenvalue weighted by molar-refractivity contribution is -0.248. The molecule has 188 valence electrons. The van der Waals surface area contributed by atoms with Crippen LogP contribution in [0.1, 0.15) is 28.2 Å². The van der Waals surface area contributed by atoms with Crippen LogP contribution in [0.15, 0.2) is 0 Å². The fourth-order valence-electron chi connectivity index (χ4n) is 1.51. The first kappa shape index (κ1) is 47.3. The van der Waals surface area contributed by atoms with Gasteiger partial charge in [-0.1, -0.05) is 28.2 Å². The molecular weight excluding hydrogens is 449 g/mol.